The molecule has 1 unspecified atom stereocenters. The summed E-state index contributed by atoms with van der Waals surface area (Å²) in [5, 5.41) is 9.75. The summed E-state index contributed by atoms with van der Waals surface area (Å²) in [5.74, 6) is -0.806. The minimum atomic E-state index is -0.806. The molecule has 0 radical (unpaired) electrons. The molecule has 0 saturated heterocycles. The maximum Gasteiger partial charge on any atom is 0.326 e. The van der Waals surface area contributed by atoms with E-state index in [0.717, 1.165) is 11.3 Å². The molecule has 0 saturated carbocycles. The van der Waals surface area contributed by atoms with E-state index in [0.29, 0.717) is 11.4 Å². The second kappa shape index (κ2) is 5.21. The average Bonchev–Trinajstić information content (AvgIpc) is 2.17. The van der Waals surface area contributed by atoms with E-state index in [1.54, 1.807) is 18.0 Å². The fraction of sp³-hybridized carbons (Fsp3) is 0.417. The topological polar surface area (TPSA) is 40.5 Å². The summed E-state index contributed by atoms with van der Waals surface area (Å²) in [6.45, 7) is 3.78. The first kappa shape index (κ1) is 12.8. The zero-order valence-electron chi connectivity index (χ0n) is 9.70. The zero-order valence-corrected chi connectivity index (χ0v) is 10.5. The number of aryl methyl sites for hydroxylation is 1. The van der Waals surface area contributed by atoms with E-state index in [2.05, 4.69) is 0 Å². The Balaban J connectivity index is 3.03. The fourth-order valence-corrected chi connectivity index (χ4v) is 2.02. The van der Waals surface area contributed by atoms with Crippen LogP contribution in [0.1, 0.15) is 18.9 Å². The van der Waals surface area contributed by atoms with Crippen LogP contribution < -0.4 is 4.90 Å². The molecule has 0 heterocycles. The smallest absolute Gasteiger partial charge is 0.326 e. The van der Waals surface area contributed by atoms with Crippen LogP contribution in [0.2, 0.25) is 5.02 Å². The largest absolute Gasteiger partial charge is 0.480 e. The summed E-state index contributed by atoms with van der Waals surface area (Å²) < 4.78 is 0. The first-order valence-corrected chi connectivity index (χ1v) is 5.57. The third-order valence-electron chi connectivity index (χ3n) is 2.68. The summed E-state index contributed by atoms with van der Waals surface area (Å²) in [6.07, 6.45) is 0.563. The summed E-state index contributed by atoms with van der Waals surface area (Å²) in [4.78, 5) is 12.8. The van der Waals surface area contributed by atoms with Gasteiger partial charge in [0.2, 0.25) is 0 Å². The SMILES string of the molecule is CCC(C(=O)O)N(C)c1ccc(Cl)cc1C. The van der Waals surface area contributed by atoms with Gasteiger partial charge in [-0.05, 0) is 37.1 Å². The van der Waals surface area contributed by atoms with Crippen molar-refractivity contribution in [3.63, 3.8) is 0 Å². The van der Waals surface area contributed by atoms with Crippen molar-refractivity contribution < 1.29 is 9.90 Å². The number of carboxylic acid groups (broad SMARTS) is 1. The maximum atomic E-state index is 11.1. The molecule has 0 aliphatic rings. The monoisotopic (exact) mass is 241 g/mol. The molecule has 4 heteroatoms. The van der Waals surface area contributed by atoms with Crippen LogP contribution >= 0.6 is 11.6 Å². The highest BCUT2D eigenvalue weighted by Crippen LogP contribution is 2.24. The number of carbonyl (C=O) groups is 1. The van der Waals surface area contributed by atoms with Crippen molar-refractivity contribution in [2.45, 2.75) is 26.3 Å². The van der Waals surface area contributed by atoms with Crippen molar-refractivity contribution in [3.05, 3.63) is 28.8 Å². The number of likely N-dealkylation sites (N-methyl/N-ethyl adjacent to an activating group) is 1. The number of nitrogens with zero attached hydrogens (tertiary/aromatic N) is 1. The normalized spacial score (nSPS) is 12.2. The Morgan fingerprint density at radius 2 is 2.19 bits per heavy atom. The number of aliphatic carboxylic acids is 1. The highest BCUT2D eigenvalue weighted by molar-refractivity contribution is 6.30. The molecule has 0 spiro atoms. The Labute approximate surface area is 101 Å². The lowest BCUT2D eigenvalue weighted by Gasteiger charge is -2.27. The molecule has 0 amide bonds. The van der Waals surface area contributed by atoms with Crippen molar-refractivity contribution in [1.82, 2.24) is 0 Å². The molecule has 16 heavy (non-hydrogen) atoms. The Morgan fingerprint density at radius 3 is 2.62 bits per heavy atom. The first-order chi connectivity index (χ1) is 7.47. The van der Waals surface area contributed by atoms with Gasteiger partial charge in [-0.3, -0.25) is 0 Å². The van der Waals surface area contributed by atoms with E-state index < -0.39 is 12.0 Å². The molecule has 88 valence electrons. The van der Waals surface area contributed by atoms with E-state index in [4.69, 9.17) is 16.7 Å². The summed E-state index contributed by atoms with van der Waals surface area (Å²) in [6, 6.07) is 4.96. The van der Waals surface area contributed by atoms with Crippen molar-refractivity contribution >= 4 is 23.3 Å². The molecule has 1 rings (SSSR count). The molecular formula is C12H16ClNO2. The number of halogens is 1. The molecular weight excluding hydrogens is 226 g/mol. The lowest BCUT2D eigenvalue weighted by molar-refractivity contribution is -0.138. The van der Waals surface area contributed by atoms with Gasteiger partial charge in [0.05, 0.1) is 0 Å². The average molecular weight is 242 g/mol. The third-order valence-corrected chi connectivity index (χ3v) is 2.91. The predicted octanol–water partition coefficient (Wildman–Crippen LogP) is 2.95. The van der Waals surface area contributed by atoms with Crippen LogP contribution in [0.3, 0.4) is 0 Å². The van der Waals surface area contributed by atoms with Gasteiger partial charge in [0.15, 0.2) is 0 Å². The molecule has 0 aliphatic carbocycles. The molecule has 0 aliphatic heterocycles. The Hall–Kier alpha value is -1.22. The summed E-state index contributed by atoms with van der Waals surface area (Å²) in [7, 11) is 1.79. The Kier molecular flexibility index (Phi) is 4.19. The number of benzene rings is 1. The third kappa shape index (κ3) is 2.67. The van der Waals surface area contributed by atoms with Crippen LogP contribution in [0.15, 0.2) is 18.2 Å². The van der Waals surface area contributed by atoms with Crippen molar-refractivity contribution in [2.75, 3.05) is 11.9 Å². The van der Waals surface area contributed by atoms with Crippen LogP contribution in [0.4, 0.5) is 5.69 Å². The van der Waals surface area contributed by atoms with Crippen LogP contribution in [-0.4, -0.2) is 24.2 Å². The number of carboxylic acids is 1. The quantitative estimate of drug-likeness (QED) is 0.881. The molecule has 3 nitrogen and oxygen atoms in total. The van der Waals surface area contributed by atoms with Crippen molar-refractivity contribution in [1.29, 1.82) is 0 Å². The molecule has 1 atom stereocenters. The van der Waals surface area contributed by atoms with Gasteiger partial charge in [0.25, 0.3) is 0 Å². The Morgan fingerprint density at radius 1 is 1.56 bits per heavy atom. The standard InChI is InChI=1S/C12H16ClNO2/c1-4-10(12(15)16)14(3)11-6-5-9(13)7-8(11)2/h5-7,10H,4H2,1-3H3,(H,15,16). The van der Waals surface area contributed by atoms with E-state index in [1.807, 2.05) is 26.0 Å². The number of hydrogen-bond donors (Lipinski definition) is 1. The lowest BCUT2D eigenvalue weighted by Crippen LogP contribution is -2.38. The number of anilines is 1. The van der Waals surface area contributed by atoms with E-state index >= 15 is 0 Å². The maximum absolute atomic E-state index is 11.1. The van der Waals surface area contributed by atoms with Gasteiger partial charge >= 0.3 is 5.97 Å². The predicted molar refractivity (Wildman–Crippen MR) is 66.3 cm³/mol. The Bertz CT molecular complexity index is 393. The molecule has 1 N–H and O–H groups in total. The van der Waals surface area contributed by atoms with Gasteiger partial charge in [0, 0.05) is 17.8 Å². The minimum Gasteiger partial charge on any atom is -0.480 e. The van der Waals surface area contributed by atoms with Gasteiger partial charge < -0.3 is 10.0 Å². The molecule has 1 aromatic rings. The highest BCUT2D eigenvalue weighted by atomic mass is 35.5. The second-order valence-corrected chi connectivity index (χ2v) is 4.24. The van der Waals surface area contributed by atoms with Crippen molar-refractivity contribution in [3.8, 4) is 0 Å². The van der Waals surface area contributed by atoms with Gasteiger partial charge in [0.1, 0.15) is 6.04 Å². The van der Waals surface area contributed by atoms with Crippen molar-refractivity contribution in [2.24, 2.45) is 0 Å². The number of hydrogen-bond acceptors (Lipinski definition) is 2. The van der Waals surface area contributed by atoms with E-state index in [1.165, 1.54) is 0 Å². The lowest BCUT2D eigenvalue weighted by atomic mass is 10.1. The van der Waals surface area contributed by atoms with Crippen LogP contribution in [0.25, 0.3) is 0 Å². The van der Waals surface area contributed by atoms with Gasteiger partial charge in [-0.25, -0.2) is 4.79 Å². The minimum absolute atomic E-state index is 0.500. The van der Waals surface area contributed by atoms with Crippen LogP contribution in [-0.2, 0) is 4.79 Å². The van der Waals surface area contributed by atoms with Gasteiger partial charge in [-0.1, -0.05) is 18.5 Å². The molecule has 0 fully saturated rings. The van der Waals surface area contributed by atoms with Crippen LogP contribution in [0, 0.1) is 6.92 Å². The van der Waals surface area contributed by atoms with E-state index in [9.17, 15) is 4.79 Å². The second-order valence-electron chi connectivity index (χ2n) is 3.80. The number of rotatable bonds is 4. The van der Waals surface area contributed by atoms with E-state index in [-0.39, 0.29) is 0 Å². The first-order valence-electron chi connectivity index (χ1n) is 5.19. The van der Waals surface area contributed by atoms with Crippen LogP contribution in [0.5, 0.6) is 0 Å². The summed E-state index contributed by atoms with van der Waals surface area (Å²) >= 11 is 5.86. The molecule has 1 aromatic carbocycles. The molecule has 0 bridgehead atoms. The van der Waals surface area contributed by atoms with Gasteiger partial charge in [-0.15, -0.1) is 0 Å². The fourth-order valence-electron chi connectivity index (χ4n) is 1.80. The molecule has 0 aromatic heterocycles. The summed E-state index contributed by atoms with van der Waals surface area (Å²) in [5.41, 5.74) is 1.88. The zero-order chi connectivity index (χ0) is 12.3. The highest BCUT2D eigenvalue weighted by Gasteiger charge is 2.21. The van der Waals surface area contributed by atoms with Gasteiger partial charge in [-0.2, -0.15) is 0 Å².